The molecule has 0 saturated heterocycles. The van der Waals surface area contributed by atoms with Gasteiger partial charge in [-0.1, -0.05) is 5.16 Å². The van der Waals surface area contributed by atoms with E-state index in [1.54, 1.807) is 19.1 Å². The van der Waals surface area contributed by atoms with Crippen LogP contribution in [0.5, 0.6) is 5.75 Å². The molecule has 1 aromatic heterocycles. The molecule has 0 saturated carbocycles. The van der Waals surface area contributed by atoms with E-state index in [9.17, 15) is 4.79 Å². The van der Waals surface area contributed by atoms with Crippen LogP contribution in [0.1, 0.15) is 16.1 Å². The van der Waals surface area contributed by atoms with Gasteiger partial charge in [-0.2, -0.15) is 0 Å². The van der Waals surface area contributed by atoms with Crippen LogP contribution < -0.4 is 4.74 Å². The number of nitrogens with zero attached hydrogens (tertiary/aromatic N) is 1. The Hall–Kier alpha value is -2.04. The topological polar surface area (TPSA) is 72.6 Å². The number of hydrogen-bond acceptors (Lipinski definition) is 4. The van der Waals surface area contributed by atoms with Gasteiger partial charge in [-0.15, -0.1) is 0 Å². The largest absolute Gasteiger partial charge is 0.496 e. The Morgan fingerprint density at radius 2 is 2.27 bits per heavy atom. The van der Waals surface area contributed by atoms with Crippen molar-refractivity contribution in [3.63, 3.8) is 0 Å². The van der Waals surface area contributed by atoms with E-state index in [-0.39, 0.29) is 16.9 Å². The van der Waals surface area contributed by atoms with Gasteiger partial charge in [0.25, 0.3) is 0 Å². The number of hydrogen-bond donors (Lipinski definition) is 1. The molecule has 0 fully saturated rings. The quantitative estimate of drug-likeness (QED) is 0.813. The van der Waals surface area contributed by atoms with E-state index in [4.69, 9.17) is 14.4 Å². The fourth-order valence-corrected chi connectivity index (χ4v) is 1.48. The van der Waals surface area contributed by atoms with Crippen molar-refractivity contribution in [3.8, 4) is 5.75 Å². The first-order valence-electron chi connectivity index (χ1n) is 4.31. The Balaban J connectivity index is 2.85. The summed E-state index contributed by atoms with van der Waals surface area (Å²) in [6.07, 6.45) is 0. The molecular formula is C10H9NO4. The molecule has 2 rings (SSSR count). The summed E-state index contributed by atoms with van der Waals surface area (Å²) in [6.45, 7) is 1.75. The predicted octanol–water partition coefficient (Wildman–Crippen LogP) is 1.84. The molecule has 0 amide bonds. The van der Waals surface area contributed by atoms with Crippen LogP contribution in [0.25, 0.3) is 11.0 Å². The number of ether oxygens (including phenoxy) is 1. The highest BCUT2D eigenvalue weighted by Crippen LogP contribution is 2.29. The van der Waals surface area contributed by atoms with Crippen molar-refractivity contribution in [1.82, 2.24) is 5.16 Å². The molecule has 0 bridgehead atoms. The van der Waals surface area contributed by atoms with E-state index in [0.717, 1.165) is 0 Å². The molecule has 0 unspecified atom stereocenters. The van der Waals surface area contributed by atoms with Gasteiger partial charge in [0.2, 0.25) is 0 Å². The maximum absolute atomic E-state index is 11.0. The lowest BCUT2D eigenvalue weighted by Crippen LogP contribution is -2.00. The number of carbonyl (C=O) groups is 1. The molecule has 1 aromatic carbocycles. The van der Waals surface area contributed by atoms with Crippen molar-refractivity contribution < 1.29 is 19.2 Å². The second-order valence-electron chi connectivity index (χ2n) is 3.09. The maximum Gasteiger partial charge on any atom is 0.343 e. The van der Waals surface area contributed by atoms with Crippen LogP contribution in [0.15, 0.2) is 16.7 Å². The van der Waals surface area contributed by atoms with Gasteiger partial charge in [0.05, 0.1) is 12.8 Å². The average molecular weight is 207 g/mol. The molecule has 0 atom stereocenters. The molecule has 2 aromatic rings. The van der Waals surface area contributed by atoms with Crippen LogP contribution in [0.3, 0.4) is 0 Å². The summed E-state index contributed by atoms with van der Waals surface area (Å²) in [5.41, 5.74) is 0.921. The third kappa shape index (κ3) is 1.32. The van der Waals surface area contributed by atoms with Gasteiger partial charge in [-0.25, -0.2) is 4.79 Å². The third-order valence-electron chi connectivity index (χ3n) is 2.22. The van der Waals surface area contributed by atoms with Gasteiger partial charge in [0.1, 0.15) is 11.3 Å². The number of carboxylic acid groups (broad SMARTS) is 1. The number of carboxylic acids is 1. The summed E-state index contributed by atoms with van der Waals surface area (Å²) < 4.78 is 9.93. The van der Waals surface area contributed by atoms with E-state index in [2.05, 4.69) is 5.16 Å². The molecule has 5 nitrogen and oxygen atoms in total. The lowest BCUT2D eigenvalue weighted by atomic mass is 10.1. The molecule has 15 heavy (non-hydrogen) atoms. The van der Waals surface area contributed by atoms with Crippen molar-refractivity contribution in [1.29, 1.82) is 0 Å². The molecular weight excluding hydrogens is 198 g/mol. The SMILES string of the molecule is COc1ccc2c(C)noc2c1C(=O)O. The molecule has 0 aliphatic heterocycles. The maximum atomic E-state index is 11.0. The van der Waals surface area contributed by atoms with Crippen LogP contribution in [-0.4, -0.2) is 23.3 Å². The van der Waals surface area contributed by atoms with Gasteiger partial charge >= 0.3 is 5.97 Å². The molecule has 1 N–H and O–H groups in total. The normalized spacial score (nSPS) is 10.5. The van der Waals surface area contributed by atoms with Crippen LogP contribution in [-0.2, 0) is 0 Å². The van der Waals surface area contributed by atoms with Gasteiger partial charge < -0.3 is 14.4 Å². The van der Waals surface area contributed by atoms with E-state index in [1.807, 2.05) is 0 Å². The van der Waals surface area contributed by atoms with Gasteiger partial charge in [0, 0.05) is 5.39 Å². The van der Waals surface area contributed by atoms with Gasteiger partial charge in [0.15, 0.2) is 5.58 Å². The molecule has 1 heterocycles. The second kappa shape index (κ2) is 3.27. The Labute approximate surface area is 85.2 Å². The summed E-state index contributed by atoms with van der Waals surface area (Å²) in [5, 5.41) is 13.4. The number of aromatic nitrogens is 1. The van der Waals surface area contributed by atoms with Crippen LogP contribution >= 0.6 is 0 Å². The second-order valence-corrected chi connectivity index (χ2v) is 3.09. The molecule has 0 aliphatic carbocycles. The number of aromatic carboxylic acids is 1. The lowest BCUT2D eigenvalue weighted by molar-refractivity contribution is 0.0694. The number of aryl methyl sites for hydroxylation is 1. The van der Waals surface area contributed by atoms with Crippen LogP contribution in [0, 0.1) is 6.92 Å². The summed E-state index contributed by atoms with van der Waals surface area (Å²) in [6, 6.07) is 3.32. The molecule has 78 valence electrons. The van der Waals surface area contributed by atoms with Crippen molar-refractivity contribution in [2.24, 2.45) is 0 Å². The summed E-state index contributed by atoms with van der Waals surface area (Å²) in [4.78, 5) is 11.0. The Morgan fingerprint density at radius 1 is 1.53 bits per heavy atom. The standard InChI is InChI=1S/C10H9NO4/c1-5-6-3-4-7(14-2)8(10(12)13)9(6)15-11-5/h3-4H,1-2H3,(H,12,13). The van der Waals surface area contributed by atoms with Gasteiger partial charge in [-0.3, -0.25) is 0 Å². The monoisotopic (exact) mass is 207 g/mol. The van der Waals surface area contributed by atoms with Crippen LogP contribution in [0.2, 0.25) is 0 Å². The fraction of sp³-hybridized carbons (Fsp3) is 0.200. The first kappa shape index (κ1) is 9.51. The lowest BCUT2D eigenvalue weighted by Gasteiger charge is -2.03. The van der Waals surface area contributed by atoms with E-state index in [1.165, 1.54) is 7.11 Å². The van der Waals surface area contributed by atoms with Gasteiger partial charge in [-0.05, 0) is 19.1 Å². The summed E-state index contributed by atoms with van der Waals surface area (Å²) in [7, 11) is 1.41. The minimum absolute atomic E-state index is 0.00981. The van der Waals surface area contributed by atoms with Crippen molar-refractivity contribution in [2.75, 3.05) is 7.11 Å². The Morgan fingerprint density at radius 3 is 2.87 bits per heavy atom. The highest BCUT2D eigenvalue weighted by Gasteiger charge is 2.19. The molecule has 0 aliphatic rings. The number of methoxy groups -OCH3 is 1. The third-order valence-corrected chi connectivity index (χ3v) is 2.22. The molecule has 0 radical (unpaired) electrons. The first-order chi connectivity index (χ1) is 7.15. The summed E-state index contributed by atoms with van der Waals surface area (Å²) >= 11 is 0. The first-order valence-corrected chi connectivity index (χ1v) is 4.31. The predicted molar refractivity (Wildman–Crippen MR) is 52.3 cm³/mol. The van der Waals surface area contributed by atoms with Crippen molar-refractivity contribution >= 4 is 16.9 Å². The highest BCUT2D eigenvalue weighted by atomic mass is 16.5. The highest BCUT2D eigenvalue weighted by molar-refractivity contribution is 6.04. The minimum Gasteiger partial charge on any atom is -0.496 e. The van der Waals surface area contributed by atoms with Crippen LogP contribution in [0.4, 0.5) is 0 Å². The minimum atomic E-state index is -1.09. The number of benzene rings is 1. The molecule has 5 heteroatoms. The van der Waals surface area contributed by atoms with Crippen molar-refractivity contribution in [3.05, 3.63) is 23.4 Å². The van der Waals surface area contributed by atoms with E-state index in [0.29, 0.717) is 11.1 Å². The zero-order valence-electron chi connectivity index (χ0n) is 8.27. The average Bonchev–Trinajstić information content (AvgIpc) is 2.58. The number of rotatable bonds is 2. The van der Waals surface area contributed by atoms with E-state index >= 15 is 0 Å². The van der Waals surface area contributed by atoms with Crippen molar-refractivity contribution in [2.45, 2.75) is 6.92 Å². The Bertz CT molecular complexity index is 529. The number of fused-ring (bicyclic) bond motifs is 1. The fourth-order valence-electron chi connectivity index (χ4n) is 1.48. The smallest absolute Gasteiger partial charge is 0.343 e. The summed E-state index contributed by atoms with van der Waals surface area (Å²) in [5.74, 6) is -0.820. The zero-order chi connectivity index (χ0) is 11.0. The zero-order valence-corrected chi connectivity index (χ0v) is 8.27. The van der Waals surface area contributed by atoms with E-state index < -0.39 is 5.97 Å². The Kier molecular flexibility index (Phi) is 2.07. The molecule has 0 spiro atoms.